The van der Waals surface area contributed by atoms with E-state index in [2.05, 4.69) is 22.8 Å². The van der Waals surface area contributed by atoms with Crippen LogP contribution < -0.4 is 10.6 Å². The van der Waals surface area contributed by atoms with Crippen LogP contribution in [-0.2, 0) is 10.5 Å². The predicted molar refractivity (Wildman–Crippen MR) is 114 cm³/mol. The molecule has 7 heteroatoms. The number of nitrogens with one attached hydrogen (secondary N) is 2. The van der Waals surface area contributed by atoms with Gasteiger partial charge >= 0.3 is 5.97 Å². The van der Waals surface area contributed by atoms with Crippen molar-refractivity contribution < 1.29 is 9.53 Å². The van der Waals surface area contributed by atoms with E-state index in [0.717, 1.165) is 35.2 Å². The smallest absolute Gasteiger partial charge is 0.337 e. The van der Waals surface area contributed by atoms with Gasteiger partial charge in [-0.15, -0.1) is 0 Å². The molecular formula is C19H21ClN2O2S2. The molecule has 0 spiro atoms. The number of hydrogen-bond donors (Lipinski definition) is 2. The van der Waals surface area contributed by atoms with Gasteiger partial charge in [-0.2, -0.15) is 11.8 Å². The third-order valence-electron chi connectivity index (χ3n) is 3.47. The molecule has 0 aliphatic rings. The maximum Gasteiger partial charge on any atom is 0.337 e. The van der Waals surface area contributed by atoms with Gasteiger partial charge in [0.1, 0.15) is 0 Å². The molecular weight excluding hydrogens is 388 g/mol. The minimum absolute atomic E-state index is 0.370. The SMILES string of the molecule is COC(=O)c1cccc(NC(=S)NCCCSCc2ccc(Cl)cc2)c1. The molecule has 0 bridgehead atoms. The maximum absolute atomic E-state index is 11.5. The summed E-state index contributed by atoms with van der Waals surface area (Å²) in [5, 5.41) is 7.55. The monoisotopic (exact) mass is 408 g/mol. The first-order chi connectivity index (χ1) is 12.6. The van der Waals surface area contributed by atoms with Crippen molar-refractivity contribution in [3.63, 3.8) is 0 Å². The average molecular weight is 409 g/mol. The lowest BCUT2D eigenvalue weighted by Gasteiger charge is -2.11. The van der Waals surface area contributed by atoms with E-state index >= 15 is 0 Å². The molecule has 0 aliphatic heterocycles. The van der Waals surface area contributed by atoms with Crippen molar-refractivity contribution in [3.05, 3.63) is 64.7 Å². The van der Waals surface area contributed by atoms with Crippen LogP contribution in [0.2, 0.25) is 5.02 Å². The van der Waals surface area contributed by atoms with Crippen LogP contribution in [0.4, 0.5) is 5.69 Å². The summed E-state index contributed by atoms with van der Waals surface area (Å²) in [6.07, 6.45) is 1.00. The first-order valence-corrected chi connectivity index (χ1v) is 10.1. The highest BCUT2D eigenvalue weighted by Gasteiger charge is 2.06. The molecule has 2 aromatic carbocycles. The number of halogens is 1. The summed E-state index contributed by atoms with van der Waals surface area (Å²) in [4.78, 5) is 11.5. The van der Waals surface area contributed by atoms with Crippen molar-refractivity contribution in [2.45, 2.75) is 12.2 Å². The van der Waals surface area contributed by atoms with Gasteiger partial charge in [0.2, 0.25) is 0 Å². The largest absolute Gasteiger partial charge is 0.465 e. The quantitative estimate of drug-likeness (QED) is 0.374. The molecule has 4 nitrogen and oxygen atoms in total. The first kappa shape index (κ1) is 20.6. The number of anilines is 1. The summed E-state index contributed by atoms with van der Waals surface area (Å²) in [6, 6.07) is 15.0. The van der Waals surface area contributed by atoms with Crippen molar-refractivity contribution in [3.8, 4) is 0 Å². The van der Waals surface area contributed by atoms with Crippen LogP contribution >= 0.6 is 35.6 Å². The fraction of sp³-hybridized carbons (Fsp3) is 0.263. The number of carbonyl (C=O) groups excluding carboxylic acids is 1. The van der Waals surface area contributed by atoms with E-state index in [9.17, 15) is 4.79 Å². The minimum atomic E-state index is -0.370. The van der Waals surface area contributed by atoms with E-state index in [1.165, 1.54) is 12.7 Å². The lowest BCUT2D eigenvalue weighted by molar-refractivity contribution is 0.0601. The van der Waals surface area contributed by atoms with Crippen LogP contribution in [0.15, 0.2) is 48.5 Å². The number of thioether (sulfide) groups is 1. The van der Waals surface area contributed by atoms with Crippen molar-refractivity contribution in [1.82, 2.24) is 5.32 Å². The zero-order chi connectivity index (χ0) is 18.8. The zero-order valence-corrected chi connectivity index (χ0v) is 16.8. The molecule has 0 saturated heterocycles. The highest BCUT2D eigenvalue weighted by atomic mass is 35.5. The van der Waals surface area contributed by atoms with Crippen LogP contribution in [0, 0.1) is 0 Å². The molecule has 0 unspecified atom stereocenters. The second kappa shape index (κ2) is 11.1. The summed E-state index contributed by atoms with van der Waals surface area (Å²) < 4.78 is 4.71. The molecule has 0 aliphatic carbocycles. The van der Waals surface area contributed by atoms with Crippen molar-refractivity contribution in [2.75, 3.05) is 24.7 Å². The van der Waals surface area contributed by atoms with E-state index in [1.807, 2.05) is 30.0 Å². The zero-order valence-electron chi connectivity index (χ0n) is 14.5. The molecule has 26 heavy (non-hydrogen) atoms. The molecule has 0 amide bonds. The Hall–Kier alpha value is -1.76. The highest BCUT2D eigenvalue weighted by Crippen LogP contribution is 2.16. The minimum Gasteiger partial charge on any atom is -0.465 e. The van der Waals surface area contributed by atoms with Gasteiger partial charge in [0.25, 0.3) is 0 Å². The van der Waals surface area contributed by atoms with E-state index in [0.29, 0.717) is 10.7 Å². The number of benzene rings is 2. The summed E-state index contributed by atoms with van der Waals surface area (Å²) in [5.74, 6) is 1.64. The third kappa shape index (κ3) is 7.23. The lowest BCUT2D eigenvalue weighted by Crippen LogP contribution is -2.29. The van der Waals surface area contributed by atoms with Crippen LogP contribution in [0.1, 0.15) is 22.3 Å². The molecule has 138 valence electrons. The van der Waals surface area contributed by atoms with Crippen LogP contribution in [-0.4, -0.2) is 30.5 Å². The van der Waals surface area contributed by atoms with E-state index in [-0.39, 0.29) is 5.97 Å². The van der Waals surface area contributed by atoms with Gasteiger partial charge in [-0.3, -0.25) is 0 Å². The number of hydrogen-bond acceptors (Lipinski definition) is 4. The van der Waals surface area contributed by atoms with Crippen molar-refractivity contribution in [2.24, 2.45) is 0 Å². The molecule has 2 N–H and O–H groups in total. The average Bonchev–Trinajstić information content (AvgIpc) is 2.65. The Balaban J connectivity index is 1.63. The number of carbonyl (C=O) groups is 1. The van der Waals surface area contributed by atoms with Crippen molar-refractivity contribution >= 4 is 52.3 Å². The molecule has 0 atom stereocenters. The van der Waals surface area contributed by atoms with Gasteiger partial charge in [-0.05, 0) is 60.3 Å². The normalized spacial score (nSPS) is 10.2. The second-order valence-corrected chi connectivity index (χ2v) is 7.44. The highest BCUT2D eigenvalue weighted by molar-refractivity contribution is 7.98. The van der Waals surface area contributed by atoms with Crippen LogP contribution in [0.3, 0.4) is 0 Å². The fourth-order valence-corrected chi connectivity index (χ4v) is 3.43. The van der Waals surface area contributed by atoms with Crippen LogP contribution in [0.5, 0.6) is 0 Å². The molecule has 0 saturated carbocycles. The fourth-order valence-electron chi connectivity index (χ4n) is 2.16. The molecule has 2 aromatic rings. The summed E-state index contributed by atoms with van der Waals surface area (Å²) >= 11 is 13.0. The van der Waals surface area contributed by atoms with Gasteiger partial charge in [0, 0.05) is 23.0 Å². The topological polar surface area (TPSA) is 50.4 Å². The number of ether oxygens (including phenoxy) is 1. The van der Waals surface area contributed by atoms with Gasteiger partial charge in [0.15, 0.2) is 5.11 Å². The Labute approximate surface area is 168 Å². The van der Waals surface area contributed by atoms with Gasteiger partial charge < -0.3 is 15.4 Å². The molecule has 2 rings (SSSR count). The Morgan fingerprint density at radius 2 is 2.00 bits per heavy atom. The number of methoxy groups -OCH3 is 1. The summed E-state index contributed by atoms with van der Waals surface area (Å²) in [6.45, 7) is 0.788. The standard InChI is InChI=1S/C19H21ClN2O2S2/c1-24-18(23)15-4-2-5-17(12-15)22-19(25)21-10-3-11-26-13-14-6-8-16(20)9-7-14/h2,4-9,12H,3,10-11,13H2,1H3,(H2,21,22,25). The van der Waals surface area contributed by atoms with E-state index < -0.39 is 0 Å². The molecule has 0 fully saturated rings. The van der Waals surface area contributed by atoms with Crippen molar-refractivity contribution in [1.29, 1.82) is 0 Å². The van der Waals surface area contributed by atoms with Gasteiger partial charge in [-0.1, -0.05) is 29.8 Å². The number of thiocarbonyl (C=S) groups is 1. The summed E-state index contributed by atoms with van der Waals surface area (Å²) in [5.41, 5.74) is 2.51. The number of esters is 1. The van der Waals surface area contributed by atoms with Crippen LogP contribution in [0.25, 0.3) is 0 Å². The third-order valence-corrected chi connectivity index (χ3v) is 5.09. The molecule has 0 heterocycles. The Morgan fingerprint density at radius 1 is 1.23 bits per heavy atom. The maximum atomic E-state index is 11.5. The Bertz CT molecular complexity index is 739. The molecule has 0 radical (unpaired) electrons. The van der Waals surface area contributed by atoms with Gasteiger partial charge in [0.05, 0.1) is 12.7 Å². The number of rotatable bonds is 8. The summed E-state index contributed by atoms with van der Waals surface area (Å²) in [7, 11) is 1.36. The lowest BCUT2D eigenvalue weighted by atomic mass is 10.2. The Kier molecular flexibility index (Phi) is 8.74. The molecule has 0 aromatic heterocycles. The Morgan fingerprint density at radius 3 is 2.73 bits per heavy atom. The van der Waals surface area contributed by atoms with E-state index in [4.69, 9.17) is 28.6 Å². The second-order valence-electron chi connectivity index (χ2n) is 5.49. The predicted octanol–water partition coefficient (Wildman–Crippen LogP) is 4.74. The first-order valence-electron chi connectivity index (χ1n) is 8.14. The van der Waals surface area contributed by atoms with Gasteiger partial charge in [-0.25, -0.2) is 4.79 Å². The van der Waals surface area contributed by atoms with E-state index in [1.54, 1.807) is 18.2 Å².